The van der Waals surface area contributed by atoms with Crippen molar-refractivity contribution in [3.05, 3.63) is 35.9 Å². The number of quaternary nitrogens is 1. The van der Waals surface area contributed by atoms with Gasteiger partial charge >= 0.3 is 6.18 Å². The van der Waals surface area contributed by atoms with E-state index in [-0.39, 0.29) is 0 Å². The smallest absolute Gasteiger partial charge is 0.337 e. The molecule has 0 spiro atoms. The van der Waals surface area contributed by atoms with Crippen LogP contribution in [0.25, 0.3) is 0 Å². The maximum Gasteiger partial charge on any atom is 0.398 e. The van der Waals surface area contributed by atoms with Gasteiger partial charge in [-0.05, 0) is 64.2 Å². The zero-order chi connectivity index (χ0) is 32.4. The second-order valence-corrected chi connectivity index (χ2v) is 16.8. The van der Waals surface area contributed by atoms with Crippen LogP contribution in [-0.2, 0) is 5.41 Å². The average molecular weight is 595 g/mol. The largest absolute Gasteiger partial charge is 0.398 e. The van der Waals surface area contributed by atoms with Crippen LogP contribution in [0.4, 0.5) is 13.2 Å². The van der Waals surface area contributed by atoms with Crippen molar-refractivity contribution < 1.29 is 18.1 Å². The third-order valence-corrected chi connectivity index (χ3v) is 14.0. The minimum absolute atomic E-state index is 0.322. The van der Waals surface area contributed by atoms with Crippen LogP contribution in [-0.4, -0.2) is 26.3 Å². The monoisotopic (exact) mass is 595 g/mol. The normalized spacial score (nSPS) is 24.7. The van der Waals surface area contributed by atoms with E-state index >= 15 is 0 Å². The van der Waals surface area contributed by atoms with Crippen molar-refractivity contribution in [1.29, 1.82) is 0 Å². The van der Waals surface area contributed by atoms with Crippen LogP contribution in [0, 0.1) is 38.9 Å². The van der Waals surface area contributed by atoms with E-state index in [2.05, 4.69) is 48.6 Å². The number of hydrogen-bond donors (Lipinski definition) is 1. The topological polar surface area (TPSA) is 4.44 Å². The Morgan fingerprint density at radius 2 is 1.24 bits per heavy atom. The van der Waals surface area contributed by atoms with Crippen LogP contribution in [0.3, 0.4) is 0 Å². The Morgan fingerprint density at radius 3 is 1.62 bits per heavy atom. The first-order chi connectivity index (χ1) is 19.1. The van der Waals surface area contributed by atoms with Crippen molar-refractivity contribution in [2.24, 2.45) is 38.9 Å². The Hall–Kier alpha value is -1.03. The summed E-state index contributed by atoms with van der Waals surface area (Å²) in [4.78, 5) is 1.75. The highest BCUT2D eigenvalue weighted by Gasteiger charge is 2.64. The second-order valence-electron chi connectivity index (χ2n) is 16.8. The Balaban J connectivity index is 0.000000299. The zero-order valence-electron chi connectivity index (χ0n) is 29.7. The van der Waals surface area contributed by atoms with Crippen LogP contribution >= 0.6 is 0 Å². The Bertz CT molecular complexity index is 950. The predicted octanol–water partition coefficient (Wildman–Crippen LogP) is 10.5. The first kappa shape index (κ1) is 37.2. The van der Waals surface area contributed by atoms with Crippen LogP contribution in [0.2, 0.25) is 0 Å². The van der Waals surface area contributed by atoms with Crippen molar-refractivity contribution in [2.45, 2.75) is 146 Å². The first-order valence-corrected chi connectivity index (χ1v) is 17.0. The lowest BCUT2D eigenvalue weighted by Gasteiger charge is -2.61. The minimum atomic E-state index is -4.30. The van der Waals surface area contributed by atoms with Gasteiger partial charge in [0.2, 0.25) is 0 Å². The molecule has 0 amide bonds. The maximum absolute atomic E-state index is 13.8. The Labute approximate surface area is 258 Å². The molecule has 1 nitrogen and oxygen atoms in total. The fourth-order valence-electron chi connectivity index (χ4n) is 8.94. The molecular weight excluding hydrogens is 527 g/mol. The summed E-state index contributed by atoms with van der Waals surface area (Å²) in [7, 11) is 2.39. The second kappa shape index (κ2) is 13.1. The van der Waals surface area contributed by atoms with Crippen molar-refractivity contribution >= 4 is 0 Å². The summed E-state index contributed by atoms with van der Waals surface area (Å²) < 4.78 is 41.4. The maximum atomic E-state index is 13.8. The fraction of sp³-hybridized carbons (Fsp3) is 0.842. The summed E-state index contributed by atoms with van der Waals surface area (Å²) in [5, 5.41) is 0. The number of likely N-dealkylation sites (tertiary alicyclic amines) is 1. The molecule has 1 N–H and O–H groups in total. The Kier molecular flexibility index (Phi) is 11.6. The molecule has 1 heterocycles. The number of benzene rings is 1. The van der Waals surface area contributed by atoms with Crippen molar-refractivity contribution in [3.63, 3.8) is 0 Å². The van der Waals surface area contributed by atoms with Gasteiger partial charge in [-0.1, -0.05) is 132 Å². The highest BCUT2D eigenvalue weighted by Crippen LogP contribution is 2.64. The molecule has 0 bridgehead atoms. The van der Waals surface area contributed by atoms with Gasteiger partial charge in [-0.3, -0.25) is 0 Å². The summed E-state index contributed by atoms with van der Waals surface area (Å²) in [6, 6.07) is 8.21. The minimum Gasteiger partial charge on any atom is -0.337 e. The molecule has 1 aliphatic heterocycles. The van der Waals surface area contributed by atoms with E-state index in [4.69, 9.17) is 0 Å². The summed E-state index contributed by atoms with van der Waals surface area (Å²) in [6.07, 6.45) is 7.18. The van der Waals surface area contributed by atoms with Gasteiger partial charge in [-0.25, -0.2) is 0 Å². The van der Waals surface area contributed by atoms with Gasteiger partial charge in [0.1, 0.15) is 0 Å². The van der Waals surface area contributed by atoms with Gasteiger partial charge in [0.05, 0.1) is 25.6 Å². The van der Waals surface area contributed by atoms with Crippen LogP contribution < -0.4 is 4.90 Å². The molecular formula is C38H67F3N+. The number of rotatable bonds is 8. The molecule has 4 heteroatoms. The van der Waals surface area contributed by atoms with Crippen molar-refractivity contribution in [2.75, 3.05) is 20.1 Å². The lowest BCUT2D eigenvalue weighted by molar-refractivity contribution is -0.888. The molecule has 1 aliphatic carbocycles. The van der Waals surface area contributed by atoms with E-state index in [9.17, 15) is 13.2 Å². The van der Waals surface area contributed by atoms with Gasteiger partial charge < -0.3 is 4.90 Å². The van der Waals surface area contributed by atoms with E-state index in [0.717, 1.165) is 11.8 Å². The fourth-order valence-corrected chi connectivity index (χ4v) is 8.94. The molecule has 0 radical (unpaired) electrons. The lowest BCUT2D eigenvalue weighted by atomic mass is 9.44. The average Bonchev–Trinajstić information content (AvgIpc) is 3.45. The van der Waals surface area contributed by atoms with Crippen LogP contribution in [0.1, 0.15) is 140 Å². The zero-order valence-corrected chi connectivity index (χ0v) is 29.7. The molecule has 3 rings (SSSR count). The number of halogens is 3. The van der Waals surface area contributed by atoms with E-state index < -0.39 is 22.4 Å². The third-order valence-electron chi connectivity index (χ3n) is 14.0. The van der Waals surface area contributed by atoms with Crippen molar-refractivity contribution in [3.8, 4) is 0 Å². The standard InChI is InChI=1S/C22H43N.C16H23F3/c1-8-18(9-2)22(14-16-23(7)17-15-22)21(5,6)20(3,4)19-12-10-11-13-19;1-13(2,3)14(4,5)15(6,16(17,18)19)12-10-8-7-9-11-12/h18-19H,8-17H2,1-7H3;7-11H,1-6H3/p+1. The van der Waals surface area contributed by atoms with E-state index in [1.54, 1.807) is 49.1 Å². The van der Waals surface area contributed by atoms with Gasteiger partial charge in [0.15, 0.2) is 0 Å². The molecule has 2 aliphatic rings. The molecule has 0 aromatic heterocycles. The first-order valence-electron chi connectivity index (χ1n) is 17.0. The molecule has 1 unspecified atom stereocenters. The Morgan fingerprint density at radius 1 is 0.786 bits per heavy atom. The molecule has 42 heavy (non-hydrogen) atoms. The summed E-state index contributed by atoms with van der Waals surface area (Å²) in [5.74, 6) is 1.84. The molecule has 2 fully saturated rings. The van der Waals surface area contributed by atoms with E-state index in [1.807, 2.05) is 20.8 Å². The number of piperidine rings is 1. The van der Waals surface area contributed by atoms with Gasteiger partial charge in [-0.15, -0.1) is 0 Å². The molecule has 1 saturated heterocycles. The number of alkyl halides is 3. The van der Waals surface area contributed by atoms with Gasteiger partial charge in [-0.2, -0.15) is 13.2 Å². The van der Waals surface area contributed by atoms with Gasteiger partial charge in [0, 0.05) is 12.8 Å². The quantitative estimate of drug-likeness (QED) is 0.305. The van der Waals surface area contributed by atoms with Crippen molar-refractivity contribution in [1.82, 2.24) is 0 Å². The van der Waals surface area contributed by atoms with Crippen LogP contribution in [0.5, 0.6) is 0 Å². The molecule has 1 atom stereocenters. The number of hydrogen-bond acceptors (Lipinski definition) is 0. The molecule has 1 saturated carbocycles. The van der Waals surface area contributed by atoms with Crippen LogP contribution in [0.15, 0.2) is 30.3 Å². The third kappa shape index (κ3) is 6.50. The lowest BCUT2D eigenvalue weighted by Crippen LogP contribution is -3.10. The highest BCUT2D eigenvalue weighted by atomic mass is 19.4. The SMILES string of the molecule is CC(C)(C)C(C)(C)C(C)(c1ccccc1)C(F)(F)F.CCC(CC)C1(C(C)(C)C(C)(C)C2CCCC2)CC[NH+](C)CC1. The summed E-state index contributed by atoms with van der Waals surface area (Å²) >= 11 is 0. The molecule has 1 aromatic rings. The van der Waals surface area contributed by atoms with Gasteiger partial charge in [0.25, 0.3) is 0 Å². The predicted molar refractivity (Wildman–Crippen MR) is 175 cm³/mol. The summed E-state index contributed by atoms with van der Waals surface area (Å²) in [5.41, 5.74) is -1.57. The molecule has 1 aromatic carbocycles. The highest BCUT2D eigenvalue weighted by molar-refractivity contribution is 5.30. The number of nitrogens with one attached hydrogen (secondary N) is 1. The molecule has 244 valence electrons. The van der Waals surface area contributed by atoms with E-state index in [0.29, 0.717) is 21.8 Å². The summed E-state index contributed by atoms with van der Waals surface area (Å²) in [6.45, 7) is 28.5. The van der Waals surface area contributed by atoms with E-state index in [1.165, 1.54) is 71.4 Å².